The van der Waals surface area contributed by atoms with Crippen LogP contribution in [0.2, 0.25) is 5.02 Å². The van der Waals surface area contributed by atoms with Crippen molar-refractivity contribution in [2.24, 2.45) is 0 Å². The van der Waals surface area contributed by atoms with E-state index in [1.807, 2.05) is 0 Å². The van der Waals surface area contributed by atoms with Gasteiger partial charge in [-0.1, -0.05) is 17.7 Å². The molecule has 0 spiro atoms. The molecule has 1 atom stereocenters. The third kappa shape index (κ3) is 5.57. The minimum absolute atomic E-state index is 0.211. The monoisotopic (exact) mass is 394 g/mol. The van der Waals surface area contributed by atoms with Crippen molar-refractivity contribution in [2.75, 3.05) is 27.4 Å². The van der Waals surface area contributed by atoms with Gasteiger partial charge in [0.05, 0.1) is 18.7 Å². The number of aliphatic carboxylic acids is 1. The van der Waals surface area contributed by atoms with E-state index in [9.17, 15) is 14.7 Å². The summed E-state index contributed by atoms with van der Waals surface area (Å²) in [5.41, 5.74) is 0.524. The molecule has 2 rings (SSSR count). The summed E-state index contributed by atoms with van der Waals surface area (Å²) < 4.78 is 15.3. The Morgan fingerprint density at radius 2 is 2.00 bits per heavy atom. The molecule has 1 heterocycles. The standard InChI is InChI=1S/C18H19ClN2O6/c1-25-7-8-27-15-10-12(5-6-20-15)17(22)21-16(18(23)24)11-3-4-14(26-2)13(19)9-11/h3-6,9-10,16H,7-8H2,1-2H3,(H,21,22)(H,23,24). The van der Waals surface area contributed by atoms with Crippen molar-refractivity contribution >= 4 is 23.5 Å². The number of hydrogen-bond donors (Lipinski definition) is 2. The Bertz CT molecular complexity index is 814. The van der Waals surface area contributed by atoms with Crippen molar-refractivity contribution in [2.45, 2.75) is 6.04 Å². The highest BCUT2D eigenvalue weighted by Gasteiger charge is 2.24. The maximum Gasteiger partial charge on any atom is 0.330 e. The van der Waals surface area contributed by atoms with Crippen LogP contribution in [0.1, 0.15) is 22.0 Å². The van der Waals surface area contributed by atoms with Crippen molar-refractivity contribution in [3.8, 4) is 11.6 Å². The van der Waals surface area contributed by atoms with Gasteiger partial charge in [-0.15, -0.1) is 0 Å². The minimum atomic E-state index is -1.29. The van der Waals surface area contributed by atoms with Gasteiger partial charge >= 0.3 is 5.97 Å². The lowest BCUT2D eigenvalue weighted by Gasteiger charge is -2.16. The minimum Gasteiger partial charge on any atom is -0.495 e. The number of nitrogens with zero attached hydrogens (tertiary/aromatic N) is 1. The maximum atomic E-state index is 12.5. The predicted molar refractivity (Wildman–Crippen MR) is 97.5 cm³/mol. The fraction of sp³-hybridized carbons (Fsp3) is 0.278. The topological polar surface area (TPSA) is 107 Å². The molecule has 0 bridgehead atoms. The maximum absolute atomic E-state index is 12.5. The van der Waals surface area contributed by atoms with Gasteiger partial charge in [0.25, 0.3) is 5.91 Å². The Morgan fingerprint density at radius 3 is 2.63 bits per heavy atom. The van der Waals surface area contributed by atoms with Gasteiger partial charge in [0.15, 0.2) is 6.04 Å². The van der Waals surface area contributed by atoms with E-state index >= 15 is 0 Å². The van der Waals surface area contributed by atoms with Gasteiger partial charge in [-0.25, -0.2) is 9.78 Å². The molecule has 0 aliphatic rings. The lowest BCUT2D eigenvalue weighted by Crippen LogP contribution is -2.33. The largest absolute Gasteiger partial charge is 0.495 e. The van der Waals surface area contributed by atoms with Gasteiger partial charge < -0.3 is 24.6 Å². The summed E-state index contributed by atoms with van der Waals surface area (Å²) in [4.78, 5) is 28.1. The fourth-order valence-electron chi connectivity index (χ4n) is 2.22. The molecule has 1 unspecified atom stereocenters. The molecule has 0 aliphatic carbocycles. The van der Waals surface area contributed by atoms with Crippen LogP contribution in [0.5, 0.6) is 11.6 Å². The molecule has 144 valence electrons. The summed E-state index contributed by atoms with van der Waals surface area (Å²) in [7, 11) is 2.99. The number of methoxy groups -OCH3 is 2. The molecule has 2 N–H and O–H groups in total. The lowest BCUT2D eigenvalue weighted by molar-refractivity contribution is -0.139. The molecule has 0 radical (unpaired) electrons. The Kier molecular flexibility index (Phi) is 7.39. The van der Waals surface area contributed by atoms with Crippen LogP contribution in [-0.2, 0) is 9.53 Å². The van der Waals surface area contributed by atoms with E-state index in [1.165, 1.54) is 50.7 Å². The number of carbonyl (C=O) groups is 2. The second kappa shape index (κ2) is 9.75. The van der Waals surface area contributed by atoms with Gasteiger partial charge in [-0.05, 0) is 23.8 Å². The number of amides is 1. The van der Waals surface area contributed by atoms with Crippen molar-refractivity contribution in [1.29, 1.82) is 0 Å². The zero-order valence-electron chi connectivity index (χ0n) is 14.8. The SMILES string of the molecule is COCCOc1cc(C(=O)NC(C(=O)O)c2ccc(OC)c(Cl)c2)ccn1. The molecule has 27 heavy (non-hydrogen) atoms. The van der Waals surface area contributed by atoms with Crippen molar-refractivity contribution in [3.05, 3.63) is 52.7 Å². The number of carboxylic acid groups (broad SMARTS) is 1. The van der Waals surface area contributed by atoms with Crippen LogP contribution in [0, 0.1) is 0 Å². The van der Waals surface area contributed by atoms with Crippen LogP contribution < -0.4 is 14.8 Å². The molecule has 8 nitrogen and oxygen atoms in total. The number of carboxylic acids is 1. The number of pyridine rings is 1. The molecular weight excluding hydrogens is 376 g/mol. The predicted octanol–water partition coefficient (Wildman–Crippen LogP) is 2.32. The van der Waals surface area contributed by atoms with Gasteiger partial charge in [0.2, 0.25) is 5.88 Å². The van der Waals surface area contributed by atoms with Gasteiger partial charge in [-0.2, -0.15) is 0 Å². The van der Waals surface area contributed by atoms with Gasteiger partial charge in [0, 0.05) is 24.9 Å². The van der Waals surface area contributed by atoms with Crippen LogP contribution >= 0.6 is 11.6 Å². The first-order chi connectivity index (χ1) is 13.0. The van der Waals surface area contributed by atoms with Crippen LogP contribution in [0.25, 0.3) is 0 Å². The third-order valence-corrected chi connectivity index (χ3v) is 3.86. The highest BCUT2D eigenvalue weighted by Crippen LogP contribution is 2.28. The molecule has 2 aromatic rings. The van der Waals surface area contributed by atoms with E-state index in [4.69, 9.17) is 25.8 Å². The highest BCUT2D eigenvalue weighted by molar-refractivity contribution is 6.32. The first-order valence-corrected chi connectivity index (χ1v) is 8.29. The third-order valence-electron chi connectivity index (χ3n) is 3.57. The van der Waals surface area contributed by atoms with E-state index in [2.05, 4.69) is 10.3 Å². The zero-order chi connectivity index (χ0) is 19.8. The normalized spacial score (nSPS) is 11.5. The Balaban J connectivity index is 2.16. The van der Waals surface area contributed by atoms with E-state index in [0.717, 1.165) is 0 Å². The highest BCUT2D eigenvalue weighted by atomic mass is 35.5. The van der Waals surface area contributed by atoms with E-state index in [-0.39, 0.29) is 23.1 Å². The van der Waals surface area contributed by atoms with Crippen LogP contribution in [0.4, 0.5) is 0 Å². The van der Waals surface area contributed by atoms with E-state index < -0.39 is 17.9 Å². The summed E-state index contributed by atoms with van der Waals surface area (Å²) >= 11 is 6.05. The number of rotatable bonds is 9. The molecule has 1 amide bonds. The molecule has 0 saturated carbocycles. The second-order valence-electron chi connectivity index (χ2n) is 5.36. The molecule has 0 saturated heterocycles. The number of nitrogens with one attached hydrogen (secondary N) is 1. The summed E-state index contributed by atoms with van der Waals surface area (Å²) in [5, 5.41) is 12.2. The first-order valence-electron chi connectivity index (χ1n) is 7.91. The Hall–Kier alpha value is -2.84. The van der Waals surface area contributed by atoms with Crippen LogP contribution in [-0.4, -0.2) is 49.4 Å². The number of hydrogen-bond acceptors (Lipinski definition) is 6. The fourth-order valence-corrected chi connectivity index (χ4v) is 2.49. The molecule has 0 aliphatic heterocycles. The Morgan fingerprint density at radius 1 is 1.22 bits per heavy atom. The summed E-state index contributed by atoms with van der Waals surface area (Å²) in [6, 6.07) is 6.09. The lowest BCUT2D eigenvalue weighted by atomic mass is 10.1. The number of carbonyl (C=O) groups excluding carboxylic acids is 1. The van der Waals surface area contributed by atoms with Crippen molar-refractivity contribution < 1.29 is 28.9 Å². The van der Waals surface area contributed by atoms with Crippen LogP contribution in [0.3, 0.4) is 0 Å². The van der Waals surface area contributed by atoms with E-state index in [0.29, 0.717) is 17.9 Å². The van der Waals surface area contributed by atoms with Gasteiger partial charge in [-0.3, -0.25) is 4.79 Å². The number of ether oxygens (including phenoxy) is 3. The molecular formula is C18H19ClN2O6. The summed E-state index contributed by atoms with van der Waals surface area (Å²) in [6.07, 6.45) is 1.40. The first kappa shape index (κ1) is 20.5. The zero-order valence-corrected chi connectivity index (χ0v) is 15.5. The molecule has 9 heteroatoms. The van der Waals surface area contributed by atoms with Gasteiger partial charge in [0.1, 0.15) is 12.4 Å². The molecule has 1 aromatic heterocycles. The molecule has 0 fully saturated rings. The number of aromatic nitrogens is 1. The quantitative estimate of drug-likeness (QED) is 0.628. The number of halogens is 1. The Labute approximate surface area is 161 Å². The number of benzene rings is 1. The summed E-state index contributed by atoms with van der Waals surface area (Å²) in [6.45, 7) is 0.647. The average molecular weight is 395 g/mol. The van der Waals surface area contributed by atoms with E-state index in [1.54, 1.807) is 0 Å². The van der Waals surface area contributed by atoms with Crippen LogP contribution in [0.15, 0.2) is 36.5 Å². The smallest absolute Gasteiger partial charge is 0.330 e. The van der Waals surface area contributed by atoms with Crippen molar-refractivity contribution in [1.82, 2.24) is 10.3 Å². The second-order valence-corrected chi connectivity index (χ2v) is 5.77. The summed E-state index contributed by atoms with van der Waals surface area (Å²) in [5.74, 6) is -1.18. The molecule has 1 aromatic carbocycles. The average Bonchev–Trinajstić information content (AvgIpc) is 2.66. The van der Waals surface area contributed by atoms with Crippen molar-refractivity contribution in [3.63, 3.8) is 0 Å².